The topological polar surface area (TPSA) is 45.7 Å². The van der Waals surface area contributed by atoms with Gasteiger partial charge >= 0.3 is 0 Å². The average Bonchev–Trinajstić information content (AvgIpc) is 3.13. The number of aromatic nitrogens is 1. The van der Waals surface area contributed by atoms with Crippen LogP contribution in [0.4, 0.5) is 9.52 Å². The molecule has 0 radical (unpaired) electrons. The third kappa shape index (κ3) is 4.16. The SMILES string of the molecule is O=C(c1ccc(F)cc1)N(CCN1CCOCC1)c1nc2ccccc2s1. The fraction of sp³-hybridized carbons (Fsp3) is 0.300. The number of hydrogen-bond acceptors (Lipinski definition) is 5. The van der Waals surface area contributed by atoms with E-state index in [-0.39, 0.29) is 11.7 Å². The number of hydrogen-bond donors (Lipinski definition) is 0. The molecule has 2 aromatic carbocycles. The normalized spacial score (nSPS) is 15.1. The van der Waals surface area contributed by atoms with Gasteiger partial charge in [-0.1, -0.05) is 23.5 Å². The Hall–Kier alpha value is -2.35. The molecule has 0 atom stereocenters. The predicted molar refractivity (Wildman–Crippen MR) is 105 cm³/mol. The minimum absolute atomic E-state index is 0.165. The zero-order valence-electron chi connectivity index (χ0n) is 14.8. The molecule has 0 aliphatic carbocycles. The number of thiazole rings is 1. The van der Waals surface area contributed by atoms with Crippen LogP contribution in [0.3, 0.4) is 0 Å². The van der Waals surface area contributed by atoms with E-state index < -0.39 is 0 Å². The second kappa shape index (κ2) is 8.12. The van der Waals surface area contributed by atoms with E-state index in [1.165, 1.54) is 35.6 Å². The Bertz CT molecular complexity index is 889. The second-order valence-corrected chi connectivity index (χ2v) is 7.39. The van der Waals surface area contributed by atoms with Gasteiger partial charge in [-0.25, -0.2) is 9.37 Å². The third-order valence-electron chi connectivity index (χ3n) is 4.59. The number of amides is 1. The minimum Gasteiger partial charge on any atom is -0.379 e. The molecule has 140 valence electrons. The summed E-state index contributed by atoms with van der Waals surface area (Å²) in [7, 11) is 0. The lowest BCUT2D eigenvalue weighted by atomic mass is 10.2. The molecular weight excluding hydrogens is 365 g/mol. The van der Waals surface area contributed by atoms with Gasteiger partial charge in [0, 0.05) is 31.7 Å². The number of carbonyl (C=O) groups is 1. The van der Waals surface area contributed by atoms with E-state index in [2.05, 4.69) is 9.88 Å². The zero-order chi connectivity index (χ0) is 18.6. The smallest absolute Gasteiger partial charge is 0.260 e. The Kier molecular flexibility index (Phi) is 5.42. The number of rotatable bonds is 5. The van der Waals surface area contributed by atoms with Crippen molar-refractivity contribution in [1.82, 2.24) is 9.88 Å². The van der Waals surface area contributed by atoms with Crippen LogP contribution >= 0.6 is 11.3 Å². The molecule has 7 heteroatoms. The van der Waals surface area contributed by atoms with Gasteiger partial charge in [0.1, 0.15) is 5.82 Å². The second-order valence-electron chi connectivity index (χ2n) is 6.38. The van der Waals surface area contributed by atoms with Crippen LogP contribution < -0.4 is 4.90 Å². The summed E-state index contributed by atoms with van der Waals surface area (Å²) >= 11 is 1.49. The van der Waals surface area contributed by atoms with Gasteiger partial charge in [0.05, 0.1) is 23.4 Å². The van der Waals surface area contributed by atoms with Gasteiger partial charge in [-0.3, -0.25) is 14.6 Å². The molecule has 0 unspecified atom stereocenters. The first-order chi connectivity index (χ1) is 13.2. The molecule has 1 saturated heterocycles. The summed E-state index contributed by atoms with van der Waals surface area (Å²) < 4.78 is 19.7. The van der Waals surface area contributed by atoms with Crippen molar-refractivity contribution in [2.45, 2.75) is 0 Å². The number of benzene rings is 2. The number of anilines is 1. The van der Waals surface area contributed by atoms with Crippen molar-refractivity contribution in [2.24, 2.45) is 0 Å². The molecule has 4 rings (SSSR count). The molecule has 0 saturated carbocycles. The third-order valence-corrected chi connectivity index (χ3v) is 5.65. The number of para-hydroxylation sites is 1. The maximum Gasteiger partial charge on any atom is 0.260 e. The van der Waals surface area contributed by atoms with Crippen molar-refractivity contribution in [3.05, 3.63) is 59.9 Å². The molecule has 0 N–H and O–H groups in total. The van der Waals surface area contributed by atoms with Crippen LogP contribution in [0.5, 0.6) is 0 Å². The highest BCUT2D eigenvalue weighted by Gasteiger charge is 2.22. The van der Waals surface area contributed by atoms with Gasteiger partial charge < -0.3 is 4.74 Å². The summed E-state index contributed by atoms with van der Waals surface area (Å²) in [6.07, 6.45) is 0. The first-order valence-electron chi connectivity index (χ1n) is 8.94. The molecule has 1 amide bonds. The Labute approximate surface area is 161 Å². The molecule has 3 aromatic rings. The Morgan fingerprint density at radius 2 is 1.89 bits per heavy atom. The molecular formula is C20H20FN3O2S. The molecule has 2 heterocycles. The van der Waals surface area contributed by atoms with Crippen LogP contribution in [0.15, 0.2) is 48.5 Å². The lowest BCUT2D eigenvalue weighted by Gasteiger charge is -2.29. The van der Waals surface area contributed by atoms with E-state index in [0.29, 0.717) is 30.5 Å². The maximum absolute atomic E-state index is 13.3. The Morgan fingerprint density at radius 1 is 1.15 bits per heavy atom. The van der Waals surface area contributed by atoms with E-state index in [1.807, 2.05) is 24.3 Å². The number of halogens is 1. The quantitative estimate of drug-likeness (QED) is 0.675. The first kappa shape index (κ1) is 18.0. The van der Waals surface area contributed by atoms with Crippen molar-refractivity contribution >= 4 is 32.6 Å². The molecule has 1 aliphatic rings. The highest BCUT2D eigenvalue weighted by atomic mass is 32.1. The van der Waals surface area contributed by atoms with Crippen LogP contribution in [0.1, 0.15) is 10.4 Å². The number of carbonyl (C=O) groups excluding carboxylic acids is 1. The van der Waals surface area contributed by atoms with E-state index >= 15 is 0 Å². The predicted octanol–water partition coefficient (Wildman–Crippen LogP) is 3.41. The van der Waals surface area contributed by atoms with Crippen molar-refractivity contribution < 1.29 is 13.9 Å². The van der Waals surface area contributed by atoms with Gasteiger partial charge in [-0.05, 0) is 36.4 Å². The highest BCUT2D eigenvalue weighted by molar-refractivity contribution is 7.22. The van der Waals surface area contributed by atoms with Crippen LogP contribution in [0.2, 0.25) is 0 Å². The minimum atomic E-state index is -0.355. The van der Waals surface area contributed by atoms with Crippen molar-refractivity contribution in [1.29, 1.82) is 0 Å². The summed E-state index contributed by atoms with van der Waals surface area (Å²) in [5.41, 5.74) is 1.33. The number of ether oxygens (including phenoxy) is 1. The largest absolute Gasteiger partial charge is 0.379 e. The van der Waals surface area contributed by atoms with Crippen LogP contribution in [0.25, 0.3) is 10.2 Å². The molecule has 1 aromatic heterocycles. The summed E-state index contributed by atoms with van der Waals surface area (Å²) in [5.74, 6) is -0.520. The van der Waals surface area contributed by atoms with Crippen LogP contribution in [-0.2, 0) is 4.74 Å². The molecule has 0 spiro atoms. The lowest BCUT2D eigenvalue weighted by molar-refractivity contribution is 0.0391. The monoisotopic (exact) mass is 385 g/mol. The number of fused-ring (bicyclic) bond motifs is 1. The van der Waals surface area contributed by atoms with Crippen molar-refractivity contribution in [2.75, 3.05) is 44.3 Å². The van der Waals surface area contributed by atoms with E-state index in [9.17, 15) is 9.18 Å². The average molecular weight is 385 g/mol. The molecule has 1 fully saturated rings. The van der Waals surface area contributed by atoms with E-state index in [4.69, 9.17) is 4.74 Å². The van der Waals surface area contributed by atoms with Gasteiger partial charge in [0.15, 0.2) is 5.13 Å². The number of nitrogens with zero attached hydrogens (tertiary/aromatic N) is 3. The van der Waals surface area contributed by atoms with Gasteiger partial charge in [-0.15, -0.1) is 0 Å². The maximum atomic E-state index is 13.3. The molecule has 5 nitrogen and oxygen atoms in total. The standard InChI is InChI=1S/C20H20FN3O2S/c21-16-7-5-15(6-8-16)19(25)24(10-9-23-11-13-26-14-12-23)20-22-17-3-1-2-4-18(17)27-20/h1-8H,9-14H2. The van der Waals surface area contributed by atoms with E-state index in [0.717, 1.165) is 29.9 Å². The summed E-state index contributed by atoms with van der Waals surface area (Å²) in [5, 5.41) is 0.666. The molecule has 0 bridgehead atoms. The summed E-state index contributed by atoms with van der Waals surface area (Å²) in [6, 6.07) is 13.5. The van der Waals surface area contributed by atoms with Gasteiger partial charge in [-0.2, -0.15) is 0 Å². The van der Waals surface area contributed by atoms with Gasteiger partial charge in [0.2, 0.25) is 0 Å². The summed E-state index contributed by atoms with van der Waals surface area (Å²) in [4.78, 5) is 21.8. The lowest BCUT2D eigenvalue weighted by Crippen LogP contribution is -2.43. The Morgan fingerprint density at radius 3 is 2.63 bits per heavy atom. The first-order valence-corrected chi connectivity index (χ1v) is 9.75. The zero-order valence-corrected chi connectivity index (χ0v) is 15.6. The van der Waals surface area contributed by atoms with Crippen LogP contribution in [-0.4, -0.2) is 55.2 Å². The van der Waals surface area contributed by atoms with E-state index in [1.54, 1.807) is 4.90 Å². The van der Waals surface area contributed by atoms with Gasteiger partial charge in [0.25, 0.3) is 5.91 Å². The fourth-order valence-corrected chi connectivity index (χ4v) is 4.06. The van der Waals surface area contributed by atoms with Crippen LogP contribution in [0, 0.1) is 5.82 Å². The molecule has 27 heavy (non-hydrogen) atoms. The molecule has 1 aliphatic heterocycles. The fourth-order valence-electron chi connectivity index (χ4n) is 3.07. The number of morpholine rings is 1. The summed E-state index contributed by atoms with van der Waals surface area (Å²) in [6.45, 7) is 4.42. The van der Waals surface area contributed by atoms with Crippen molar-refractivity contribution in [3.63, 3.8) is 0 Å². The van der Waals surface area contributed by atoms with Crippen molar-refractivity contribution in [3.8, 4) is 0 Å². The Balaban J connectivity index is 1.61. The highest BCUT2D eigenvalue weighted by Crippen LogP contribution is 2.29.